The van der Waals surface area contributed by atoms with Crippen LogP contribution in [0.3, 0.4) is 0 Å². The molecule has 458 valence electrons. The van der Waals surface area contributed by atoms with E-state index in [1.807, 2.05) is 0 Å². The van der Waals surface area contributed by atoms with Gasteiger partial charge in [-0.3, -0.25) is 14.4 Å². The molecular formula is C72H134O6. The van der Waals surface area contributed by atoms with E-state index in [4.69, 9.17) is 14.2 Å². The van der Waals surface area contributed by atoms with Gasteiger partial charge in [-0.05, 0) is 57.8 Å². The average molecular weight is 1100 g/mol. The number of carbonyl (C=O) groups is 3. The highest BCUT2D eigenvalue weighted by Gasteiger charge is 2.19. The zero-order valence-electron chi connectivity index (χ0n) is 52.7. The molecule has 0 heterocycles. The first-order valence-corrected chi connectivity index (χ1v) is 35.0. The predicted octanol–water partition coefficient (Wildman–Crippen LogP) is 23.9. The van der Waals surface area contributed by atoms with Crippen molar-refractivity contribution in [2.75, 3.05) is 13.2 Å². The molecule has 0 N–H and O–H groups in total. The molecule has 0 aliphatic heterocycles. The number of allylic oxidation sites excluding steroid dienone is 6. The lowest BCUT2D eigenvalue weighted by Crippen LogP contribution is -2.30. The van der Waals surface area contributed by atoms with E-state index in [2.05, 4.69) is 57.2 Å². The van der Waals surface area contributed by atoms with Gasteiger partial charge in [-0.1, -0.05) is 346 Å². The fraction of sp³-hybridized carbons (Fsp3) is 0.875. The van der Waals surface area contributed by atoms with E-state index in [1.165, 1.54) is 270 Å². The van der Waals surface area contributed by atoms with Crippen molar-refractivity contribution in [2.45, 2.75) is 393 Å². The van der Waals surface area contributed by atoms with E-state index in [-0.39, 0.29) is 31.1 Å². The highest BCUT2D eigenvalue weighted by atomic mass is 16.6. The third-order valence-electron chi connectivity index (χ3n) is 15.9. The standard InChI is InChI=1S/C72H134O6/c1-4-7-10-13-16-19-22-25-28-31-33-35-36-38-39-41-44-47-50-53-56-59-62-65-71(74)77-68-69(67-76-70(73)64-61-58-55-52-49-46-43-30-27-24-21-18-15-12-9-6-3)78-72(75)66-63-60-57-54-51-48-45-42-40-37-34-32-29-26-23-20-17-14-11-8-5-2/h23,26,32,34,40,42,69H,4-22,24-25,27-31,33,35-39,41,43-68H2,1-3H3/b26-23-,34-32-,42-40-. The Balaban J connectivity index is 4.31. The fourth-order valence-electron chi connectivity index (χ4n) is 10.6. The second-order valence-corrected chi connectivity index (χ2v) is 23.8. The Bertz CT molecular complexity index is 1300. The van der Waals surface area contributed by atoms with E-state index in [0.717, 1.165) is 77.0 Å². The molecule has 0 saturated heterocycles. The van der Waals surface area contributed by atoms with Crippen molar-refractivity contribution < 1.29 is 28.6 Å². The lowest BCUT2D eigenvalue weighted by molar-refractivity contribution is -0.167. The van der Waals surface area contributed by atoms with Crippen LogP contribution < -0.4 is 0 Å². The first-order valence-electron chi connectivity index (χ1n) is 35.0. The second kappa shape index (κ2) is 67.1. The molecular weight excluding hydrogens is 961 g/mol. The predicted molar refractivity (Wildman–Crippen MR) is 339 cm³/mol. The topological polar surface area (TPSA) is 78.9 Å². The van der Waals surface area contributed by atoms with Crippen molar-refractivity contribution in [3.8, 4) is 0 Å². The molecule has 0 fully saturated rings. The Labute approximate surface area is 486 Å². The van der Waals surface area contributed by atoms with Gasteiger partial charge in [-0.15, -0.1) is 0 Å². The van der Waals surface area contributed by atoms with Gasteiger partial charge >= 0.3 is 17.9 Å². The number of ether oxygens (including phenoxy) is 3. The minimum atomic E-state index is -0.777. The van der Waals surface area contributed by atoms with Crippen LogP contribution in [0, 0.1) is 0 Å². The smallest absolute Gasteiger partial charge is 0.306 e. The van der Waals surface area contributed by atoms with Crippen LogP contribution in [-0.4, -0.2) is 37.2 Å². The van der Waals surface area contributed by atoms with Gasteiger partial charge in [0.15, 0.2) is 6.10 Å². The molecule has 0 saturated carbocycles. The minimum absolute atomic E-state index is 0.0718. The van der Waals surface area contributed by atoms with Crippen LogP contribution in [0.5, 0.6) is 0 Å². The van der Waals surface area contributed by atoms with Gasteiger partial charge in [0, 0.05) is 19.3 Å². The lowest BCUT2D eigenvalue weighted by atomic mass is 10.0. The van der Waals surface area contributed by atoms with Gasteiger partial charge in [0.1, 0.15) is 13.2 Å². The van der Waals surface area contributed by atoms with Gasteiger partial charge in [-0.2, -0.15) is 0 Å². The molecule has 6 heteroatoms. The van der Waals surface area contributed by atoms with Gasteiger partial charge in [0.25, 0.3) is 0 Å². The van der Waals surface area contributed by atoms with Gasteiger partial charge < -0.3 is 14.2 Å². The molecule has 0 aromatic rings. The molecule has 0 aliphatic rings. The summed E-state index contributed by atoms with van der Waals surface area (Å²) in [5, 5.41) is 0. The maximum atomic E-state index is 12.9. The molecule has 0 aromatic heterocycles. The Morgan fingerprint density at radius 2 is 0.462 bits per heavy atom. The van der Waals surface area contributed by atoms with Crippen molar-refractivity contribution in [1.29, 1.82) is 0 Å². The van der Waals surface area contributed by atoms with Gasteiger partial charge in [-0.25, -0.2) is 0 Å². The summed E-state index contributed by atoms with van der Waals surface area (Å²) in [4.78, 5) is 38.4. The largest absolute Gasteiger partial charge is 0.462 e. The van der Waals surface area contributed by atoms with Crippen LogP contribution in [0.1, 0.15) is 387 Å². The molecule has 6 nitrogen and oxygen atoms in total. The van der Waals surface area contributed by atoms with Crippen LogP contribution in [0.25, 0.3) is 0 Å². The number of carbonyl (C=O) groups excluding carboxylic acids is 3. The highest BCUT2D eigenvalue weighted by molar-refractivity contribution is 5.71. The SMILES string of the molecule is CCCCCCC/C=C\C/C=C\C/C=C\CCCCCCCCC(=O)OC(COC(=O)CCCCCCCCCCCCCCCCCC)COC(=O)CCCCCCCCCCCCCCCCCCCCCCCCC. The van der Waals surface area contributed by atoms with Gasteiger partial charge in [0.05, 0.1) is 0 Å². The monoisotopic (exact) mass is 1100 g/mol. The first kappa shape index (κ1) is 75.6. The average Bonchev–Trinajstić information content (AvgIpc) is 3.44. The molecule has 0 aliphatic carbocycles. The van der Waals surface area contributed by atoms with E-state index in [0.29, 0.717) is 19.3 Å². The summed E-state index contributed by atoms with van der Waals surface area (Å²) in [6, 6.07) is 0. The third-order valence-corrected chi connectivity index (χ3v) is 15.9. The maximum absolute atomic E-state index is 12.9. The van der Waals surface area contributed by atoms with Crippen LogP contribution in [0.2, 0.25) is 0 Å². The highest BCUT2D eigenvalue weighted by Crippen LogP contribution is 2.18. The fourth-order valence-corrected chi connectivity index (χ4v) is 10.6. The zero-order chi connectivity index (χ0) is 56.4. The van der Waals surface area contributed by atoms with Crippen molar-refractivity contribution in [2.24, 2.45) is 0 Å². The molecule has 1 unspecified atom stereocenters. The molecule has 0 spiro atoms. The first-order chi connectivity index (χ1) is 38.5. The Hall–Kier alpha value is -2.37. The molecule has 1 atom stereocenters. The van der Waals surface area contributed by atoms with E-state index in [1.54, 1.807) is 0 Å². The zero-order valence-corrected chi connectivity index (χ0v) is 52.7. The Morgan fingerprint density at radius 3 is 0.718 bits per heavy atom. The number of hydrogen-bond donors (Lipinski definition) is 0. The normalized spacial score (nSPS) is 12.2. The lowest BCUT2D eigenvalue weighted by Gasteiger charge is -2.18. The minimum Gasteiger partial charge on any atom is -0.462 e. The third kappa shape index (κ3) is 64.5. The summed E-state index contributed by atoms with van der Waals surface area (Å²) in [5.74, 6) is -0.854. The molecule has 0 radical (unpaired) electrons. The molecule has 0 aromatic carbocycles. The maximum Gasteiger partial charge on any atom is 0.306 e. The Morgan fingerprint density at radius 1 is 0.256 bits per heavy atom. The molecule has 78 heavy (non-hydrogen) atoms. The number of unbranched alkanes of at least 4 members (excludes halogenated alkanes) is 48. The number of hydrogen-bond acceptors (Lipinski definition) is 6. The van der Waals surface area contributed by atoms with Crippen LogP contribution in [-0.2, 0) is 28.6 Å². The van der Waals surface area contributed by atoms with Crippen LogP contribution in [0.15, 0.2) is 36.5 Å². The molecule has 0 rings (SSSR count). The van der Waals surface area contributed by atoms with Crippen molar-refractivity contribution >= 4 is 17.9 Å². The van der Waals surface area contributed by atoms with Crippen molar-refractivity contribution in [1.82, 2.24) is 0 Å². The second-order valence-electron chi connectivity index (χ2n) is 23.8. The van der Waals surface area contributed by atoms with E-state index in [9.17, 15) is 14.4 Å². The Kier molecular flexibility index (Phi) is 65.1. The van der Waals surface area contributed by atoms with Crippen LogP contribution >= 0.6 is 0 Å². The number of esters is 3. The number of rotatable bonds is 65. The van der Waals surface area contributed by atoms with E-state index >= 15 is 0 Å². The summed E-state index contributed by atoms with van der Waals surface area (Å²) in [5.41, 5.74) is 0. The summed E-state index contributed by atoms with van der Waals surface area (Å²) in [6.45, 7) is 6.70. The van der Waals surface area contributed by atoms with Crippen molar-refractivity contribution in [3.63, 3.8) is 0 Å². The van der Waals surface area contributed by atoms with E-state index < -0.39 is 6.10 Å². The molecule has 0 bridgehead atoms. The summed E-state index contributed by atoms with van der Waals surface area (Å²) in [7, 11) is 0. The summed E-state index contributed by atoms with van der Waals surface area (Å²) < 4.78 is 17.0. The summed E-state index contributed by atoms with van der Waals surface area (Å²) >= 11 is 0. The summed E-state index contributed by atoms with van der Waals surface area (Å²) in [6.07, 6.45) is 83.1. The van der Waals surface area contributed by atoms with Crippen molar-refractivity contribution in [3.05, 3.63) is 36.5 Å². The quantitative estimate of drug-likeness (QED) is 0.0261. The molecule has 0 amide bonds. The van der Waals surface area contributed by atoms with Gasteiger partial charge in [0.2, 0.25) is 0 Å². The van der Waals surface area contributed by atoms with Crippen LogP contribution in [0.4, 0.5) is 0 Å².